The van der Waals surface area contributed by atoms with Gasteiger partial charge in [0.05, 0.1) is 6.42 Å². The topological polar surface area (TPSA) is 41.1 Å². The van der Waals surface area contributed by atoms with Gasteiger partial charge in [0.2, 0.25) is 5.91 Å². The normalized spacial score (nSPS) is 17.9. The highest BCUT2D eigenvalue weighted by Crippen LogP contribution is 2.26. The number of nitrogens with one attached hydrogen (secondary N) is 2. The Morgan fingerprint density at radius 2 is 2.05 bits per heavy atom. The summed E-state index contributed by atoms with van der Waals surface area (Å²) in [6.45, 7) is 1.89. The second-order valence-electron chi connectivity index (χ2n) is 5.39. The lowest BCUT2D eigenvalue weighted by Gasteiger charge is -2.13. The number of carbonyl (C=O) groups is 1. The summed E-state index contributed by atoms with van der Waals surface area (Å²) >= 11 is 0. The summed E-state index contributed by atoms with van der Waals surface area (Å²) in [7, 11) is 0. The van der Waals surface area contributed by atoms with Gasteiger partial charge in [-0.3, -0.25) is 4.79 Å². The van der Waals surface area contributed by atoms with Crippen LogP contribution in [0.5, 0.6) is 0 Å². The predicted octanol–water partition coefficient (Wildman–Crippen LogP) is 3.54. The molecule has 0 aromatic heterocycles. The first-order valence-electron chi connectivity index (χ1n) is 7.09. The van der Waals surface area contributed by atoms with Gasteiger partial charge in [-0.2, -0.15) is 13.2 Å². The van der Waals surface area contributed by atoms with Crippen molar-refractivity contribution in [1.29, 1.82) is 0 Å². The maximum atomic E-state index is 12.5. The molecule has 0 spiro atoms. The number of halogens is 4. The average molecular weight is 337 g/mol. The molecule has 2 rings (SSSR count). The minimum Gasteiger partial charge on any atom is -0.326 e. The Morgan fingerprint density at radius 1 is 1.32 bits per heavy atom. The fourth-order valence-corrected chi connectivity index (χ4v) is 2.52. The summed E-state index contributed by atoms with van der Waals surface area (Å²) in [5.41, 5.74) is 0.352. The van der Waals surface area contributed by atoms with Gasteiger partial charge in [0.1, 0.15) is 0 Å². The van der Waals surface area contributed by atoms with Crippen LogP contribution in [0, 0.1) is 5.92 Å². The summed E-state index contributed by atoms with van der Waals surface area (Å²) in [6, 6.07) is 6.07. The second-order valence-corrected chi connectivity index (χ2v) is 5.39. The monoisotopic (exact) mass is 336 g/mol. The first kappa shape index (κ1) is 18.8. The van der Waals surface area contributed by atoms with Gasteiger partial charge < -0.3 is 10.6 Å². The van der Waals surface area contributed by atoms with E-state index >= 15 is 0 Å². The molecular weight excluding hydrogens is 317 g/mol. The summed E-state index contributed by atoms with van der Waals surface area (Å²) in [6.07, 6.45) is -3.16. The Kier molecular flexibility index (Phi) is 7.16. The largest absolute Gasteiger partial charge is 0.393 e. The van der Waals surface area contributed by atoms with Gasteiger partial charge in [-0.05, 0) is 43.5 Å². The van der Waals surface area contributed by atoms with Crippen molar-refractivity contribution in [3.05, 3.63) is 29.8 Å². The zero-order chi connectivity index (χ0) is 15.3. The molecule has 1 fully saturated rings. The van der Waals surface area contributed by atoms with Crippen molar-refractivity contribution in [1.82, 2.24) is 5.32 Å². The van der Waals surface area contributed by atoms with Crippen LogP contribution in [-0.2, 0) is 11.2 Å². The van der Waals surface area contributed by atoms with Crippen molar-refractivity contribution in [3.8, 4) is 0 Å². The fraction of sp³-hybridized carbons (Fsp3) is 0.533. The van der Waals surface area contributed by atoms with E-state index in [0.717, 1.165) is 25.9 Å². The van der Waals surface area contributed by atoms with E-state index in [-0.39, 0.29) is 29.6 Å². The van der Waals surface area contributed by atoms with Crippen molar-refractivity contribution in [3.63, 3.8) is 0 Å². The maximum absolute atomic E-state index is 12.5. The van der Waals surface area contributed by atoms with Crippen molar-refractivity contribution >= 4 is 24.0 Å². The molecule has 1 heterocycles. The number of amides is 1. The van der Waals surface area contributed by atoms with Crippen LogP contribution < -0.4 is 10.6 Å². The summed E-state index contributed by atoms with van der Waals surface area (Å²) in [5, 5.41) is 5.82. The second kappa shape index (κ2) is 8.39. The number of carbonyl (C=O) groups excluding carboxylic acids is 1. The number of rotatable bonds is 5. The number of benzene rings is 1. The Balaban J connectivity index is 0.00000242. The van der Waals surface area contributed by atoms with Crippen molar-refractivity contribution in [2.75, 3.05) is 18.4 Å². The van der Waals surface area contributed by atoms with Gasteiger partial charge in [-0.25, -0.2) is 0 Å². The molecule has 1 unspecified atom stereocenters. The molecule has 1 aromatic carbocycles. The minimum absolute atomic E-state index is 0. The van der Waals surface area contributed by atoms with E-state index < -0.39 is 12.6 Å². The van der Waals surface area contributed by atoms with Crippen LogP contribution in [0.1, 0.15) is 24.8 Å². The Labute approximate surface area is 134 Å². The van der Waals surface area contributed by atoms with Crippen molar-refractivity contribution < 1.29 is 18.0 Å². The van der Waals surface area contributed by atoms with Gasteiger partial charge in [0.15, 0.2) is 0 Å². The first-order valence-corrected chi connectivity index (χ1v) is 7.09. The molecule has 3 nitrogen and oxygen atoms in total. The van der Waals surface area contributed by atoms with E-state index in [1.54, 1.807) is 12.1 Å². The van der Waals surface area contributed by atoms with E-state index in [0.29, 0.717) is 12.3 Å². The molecule has 22 heavy (non-hydrogen) atoms. The van der Waals surface area contributed by atoms with Crippen molar-refractivity contribution in [2.24, 2.45) is 5.92 Å². The molecule has 0 aliphatic carbocycles. The lowest BCUT2D eigenvalue weighted by Crippen LogP contribution is -2.18. The van der Waals surface area contributed by atoms with Gasteiger partial charge in [-0.15, -0.1) is 12.4 Å². The molecule has 1 aromatic rings. The third kappa shape index (κ3) is 6.23. The highest BCUT2D eigenvalue weighted by molar-refractivity contribution is 5.91. The molecule has 1 atom stereocenters. The fourth-order valence-electron chi connectivity index (χ4n) is 2.52. The van der Waals surface area contributed by atoms with E-state index in [1.165, 1.54) is 12.1 Å². The number of hydrogen-bond acceptors (Lipinski definition) is 2. The molecule has 124 valence electrons. The maximum Gasteiger partial charge on any atom is 0.393 e. The summed E-state index contributed by atoms with van der Waals surface area (Å²) in [5.74, 6) is 0.262. The average Bonchev–Trinajstić information content (AvgIpc) is 2.90. The number of alkyl halides is 3. The minimum atomic E-state index is -4.28. The number of anilines is 1. The standard InChI is InChI=1S/C15H19F3N2O.ClH/c16-15(17,18)9-12-3-1-2-4-13(12)20-14(21)6-5-11-7-8-19-10-11;/h1-4,11,19H,5-10H2,(H,20,21);1H. The highest BCUT2D eigenvalue weighted by Gasteiger charge is 2.29. The van der Waals surface area contributed by atoms with E-state index in [1.807, 2.05) is 0 Å². The predicted molar refractivity (Wildman–Crippen MR) is 82.3 cm³/mol. The van der Waals surface area contributed by atoms with Gasteiger partial charge in [0.25, 0.3) is 0 Å². The Bertz CT molecular complexity index is 488. The molecule has 0 radical (unpaired) electrons. The molecule has 0 bridgehead atoms. The first-order chi connectivity index (χ1) is 9.94. The molecule has 1 aliphatic heterocycles. The van der Waals surface area contributed by atoms with Gasteiger partial charge in [0, 0.05) is 12.1 Å². The smallest absolute Gasteiger partial charge is 0.326 e. The molecular formula is C15H20ClF3N2O. The van der Waals surface area contributed by atoms with Crippen LogP contribution >= 0.6 is 12.4 Å². The van der Waals surface area contributed by atoms with Gasteiger partial charge in [-0.1, -0.05) is 18.2 Å². The summed E-state index contributed by atoms with van der Waals surface area (Å²) in [4.78, 5) is 11.9. The lowest BCUT2D eigenvalue weighted by atomic mass is 10.0. The van der Waals surface area contributed by atoms with Crippen molar-refractivity contribution in [2.45, 2.75) is 31.9 Å². The Morgan fingerprint density at radius 3 is 2.68 bits per heavy atom. The van der Waals surface area contributed by atoms with Crippen LogP contribution in [0.15, 0.2) is 24.3 Å². The molecule has 2 N–H and O–H groups in total. The highest BCUT2D eigenvalue weighted by atomic mass is 35.5. The molecule has 0 saturated carbocycles. The van der Waals surface area contributed by atoms with Gasteiger partial charge >= 0.3 is 6.18 Å². The van der Waals surface area contributed by atoms with E-state index in [9.17, 15) is 18.0 Å². The van der Waals surface area contributed by atoms with E-state index in [2.05, 4.69) is 10.6 Å². The summed E-state index contributed by atoms with van der Waals surface area (Å²) < 4.78 is 37.5. The molecule has 7 heteroatoms. The van der Waals surface area contributed by atoms with Crippen LogP contribution in [-0.4, -0.2) is 25.2 Å². The van der Waals surface area contributed by atoms with Crippen LogP contribution in [0.3, 0.4) is 0 Å². The third-order valence-electron chi connectivity index (χ3n) is 3.62. The zero-order valence-corrected chi connectivity index (χ0v) is 12.9. The number of hydrogen-bond donors (Lipinski definition) is 2. The van der Waals surface area contributed by atoms with E-state index in [4.69, 9.17) is 0 Å². The third-order valence-corrected chi connectivity index (χ3v) is 3.62. The Hall–Kier alpha value is -1.27. The molecule has 1 amide bonds. The zero-order valence-electron chi connectivity index (χ0n) is 12.1. The molecule has 1 aliphatic rings. The molecule has 1 saturated heterocycles. The van der Waals surface area contributed by atoms with Crippen LogP contribution in [0.4, 0.5) is 18.9 Å². The quantitative estimate of drug-likeness (QED) is 0.863. The van der Waals surface area contributed by atoms with Crippen LogP contribution in [0.2, 0.25) is 0 Å². The van der Waals surface area contributed by atoms with Crippen LogP contribution in [0.25, 0.3) is 0 Å². The SMILES string of the molecule is Cl.O=C(CCC1CCNC1)Nc1ccccc1CC(F)(F)F. The number of para-hydroxylation sites is 1. The lowest BCUT2D eigenvalue weighted by molar-refractivity contribution is -0.127.